The highest BCUT2D eigenvalue weighted by atomic mass is 16.5. The summed E-state index contributed by atoms with van der Waals surface area (Å²) in [5, 5.41) is 6.28. The Morgan fingerprint density at radius 1 is 1.22 bits per heavy atom. The van der Waals surface area contributed by atoms with Crippen LogP contribution < -0.4 is 15.4 Å². The van der Waals surface area contributed by atoms with Crippen LogP contribution in [0.3, 0.4) is 0 Å². The van der Waals surface area contributed by atoms with E-state index in [9.17, 15) is 4.79 Å². The molecule has 2 N–H and O–H groups in total. The van der Waals surface area contributed by atoms with Gasteiger partial charge in [-0.15, -0.1) is 6.42 Å². The minimum Gasteiger partial charge on any atom is -0.477 e. The Labute approximate surface area is 190 Å². The van der Waals surface area contributed by atoms with Gasteiger partial charge < -0.3 is 15.4 Å². The van der Waals surface area contributed by atoms with E-state index in [1.807, 2.05) is 31.1 Å². The number of carbonyl (C=O) groups excluding carboxylic acids is 1. The molecule has 1 unspecified atom stereocenters. The molecule has 1 aliphatic heterocycles. The van der Waals surface area contributed by atoms with Crippen LogP contribution in [-0.4, -0.2) is 44.1 Å². The Hall–Kier alpha value is -3.41. The molecule has 2 aromatic carbocycles. The van der Waals surface area contributed by atoms with Gasteiger partial charge in [-0.3, -0.25) is 9.69 Å². The highest BCUT2D eigenvalue weighted by Gasteiger charge is 2.27. The second-order valence-corrected chi connectivity index (χ2v) is 8.66. The molecule has 4 rings (SSSR count). The number of rotatable bonds is 4. The Morgan fingerprint density at radius 2 is 2.03 bits per heavy atom. The smallest absolute Gasteiger partial charge is 0.267 e. The van der Waals surface area contributed by atoms with Gasteiger partial charge in [0.05, 0.1) is 24.5 Å². The van der Waals surface area contributed by atoms with Crippen molar-refractivity contribution in [1.29, 1.82) is 0 Å². The topological polar surface area (TPSA) is 53.6 Å². The molecule has 1 fully saturated rings. The summed E-state index contributed by atoms with van der Waals surface area (Å²) >= 11 is 0. The van der Waals surface area contributed by atoms with E-state index in [-0.39, 0.29) is 5.91 Å². The van der Waals surface area contributed by atoms with Crippen LogP contribution in [0, 0.1) is 24.2 Å². The van der Waals surface area contributed by atoms with E-state index in [0.29, 0.717) is 24.8 Å². The fourth-order valence-electron chi connectivity index (χ4n) is 4.20. The van der Waals surface area contributed by atoms with Gasteiger partial charge >= 0.3 is 0 Å². The Kier molecular flexibility index (Phi) is 6.69. The maximum Gasteiger partial charge on any atom is 0.267 e. The molecule has 2 aromatic rings. The Balaban J connectivity index is 1.52. The normalized spacial score (nSPS) is 17.4. The van der Waals surface area contributed by atoms with Gasteiger partial charge in [0.25, 0.3) is 5.91 Å². The lowest BCUT2D eigenvalue weighted by atomic mass is 9.95. The van der Waals surface area contributed by atoms with E-state index in [2.05, 4.69) is 40.5 Å². The van der Waals surface area contributed by atoms with Gasteiger partial charge in [0.1, 0.15) is 5.75 Å². The minimum atomic E-state index is -0.642. The average Bonchev–Trinajstić information content (AvgIpc) is 3.34. The van der Waals surface area contributed by atoms with Crippen LogP contribution in [0.2, 0.25) is 0 Å². The molecule has 1 heterocycles. The molecule has 1 atom stereocenters. The first-order valence-electron chi connectivity index (χ1n) is 11.1. The summed E-state index contributed by atoms with van der Waals surface area (Å²) in [6.07, 6.45) is 9.82. The summed E-state index contributed by atoms with van der Waals surface area (Å²) in [7, 11) is 3.98. The van der Waals surface area contributed by atoms with Crippen LogP contribution in [0.5, 0.6) is 5.75 Å². The highest BCUT2D eigenvalue weighted by Crippen LogP contribution is 2.35. The zero-order chi connectivity index (χ0) is 22.5. The van der Waals surface area contributed by atoms with Crippen molar-refractivity contribution in [3.63, 3.8) is 0 Å². The molecule has 0 spiro atoms. The van der Waals surface area contributed by atoms with Crippen molar-refractivity contribution in [2.45, 2.75) is 37.7 Å². The fourth-order valence-corrected chi connectivity index (χ4v) is 4.20. The van der Waals surface area contributed by atoms with Gasteiger partial charge in [-0.1, -0.05) is 36.7 Å². The van der Waals surface area contributed by atoms with E-state index in [1.165, 1.54) is 31.2 Å². The van der Waals surface area contributed by atoms with Gasteiger partial charge in [-0.2, -0.15) is 0 Å². The summed E-state index contributed by atoms with van der Waals surface area (Å²) in [5.74, 6) is 10.1. The molecular weight excluding hydrogens is 398 g/mol. The summed E-state index contributed by atoms with van der Waals surface area (Å²) in [4.78, 5) is 15.0. The van der Waals surface area contributed by atoms with Crippen molar-refractivity contribution in [1.82, 2.24) is 4.90 Å². The number of benzene rings is 2. The van der Waals surface area contributed by atoms with Gasteiger partial charge in [-0.05, 0) is 68.8 Å². The number of ether oxygens (including phenoxy) is 1. The zero-order valence-electron chi connectivity index (χ0n) is 18.7. The van der Waals surface area contributed by atoms with Crippen molar-refractivity contribution in [2.24, 2.45) is 0 Å². The number of carbonyl (C=O) groups is 1. The lowest BCUT2D eigenvalue weighted by Gasteiger charge is -2.27. The SMILES string of the molecule is C#Cc1ccc2c(c1)NCC(C(=O)Nc1ccc(C3CCCC3)cc1C#CCN(C)C)O2. The molecule has 1 saturated carbocycles. The number of hydrogen-bond donors (Lipinski definition) is 2. The summed E-state index contributed by atoms with van der Waals surface area (Å²) in [6.45, 7) is 1.03. The van der Waals surface area contributed by atoms with Gasteiger partial charge in [-0.25, -0.2) is 0 Å². The number of hydrogen-bond acceptors (Lipinski definition) is 4. The van der Waals surface area contributed by atoms with Crippen LogP contribution in [0.1, 0.15) is 48.3 Å². The maximum atomic E-state index is 13.0. The number of anilines is 2. The molecule has 0 bridgehead atoms. The van der Waals surface area contributed by atoms with Crippen molar-refractivity contribution in [2.75, 3.05) is 37.8 Å². The maximum absolute atomic E-state index is 13.0. The number of terminal acetylenes is 1. The summed E-state index contributed by atoms with van der Waals surface area (Å²) < 4.78 is 5.94. The first kappa shape index (κ1) is 21.8. The molecule has 0 radical (unpaired) electrons. The number of amides is 1. The predicted octanol–water partition coefficient (Wildman–Crippen LogP) is 4.05. The lowest BCUT2D eigenvalue weighted by molar-refractivity contribution is -0.122. The zero-order valence-corrected chi connectivity index (χ0v) is 18.7. The molecule has 164 valence electrons. The predicted molar refractivity (Wildman–Crippen MR) is 129 cm³/mol. The standard InChI is InChI=1S/C27H29N3O2/c1-4-19-11-14-25-24(16-19)28-18-26(32-25)27(31)29-23-13-12-21(20-8-5-6-9-20)17-22(23)10-7-15-30(2)3/h1,11-14,16-17,20,26,28H,5-6,8-9,15,18H2,2-3H3,(H,29,31). The second kappa shape index (κ2) is 9.81. The number of nitrogens with zero attached hydrogens (tertiary/aromatic N) is 1. The summed E-state index contributed by atoms with van der Waals surface area (Å²) in [5.41, 5.74) is 4.46. The molecule has 0 saturated heterocycles. The van der Waals surface area contributed by atoms with E-state index < -0.39 is 6.10 Å². The Bertz CT molecular complexity index is 1100. The first-order chi connectivity index (χ1) is 15.5. The lowest BCUT2D eigenvalue weighted by Crippen LogP contribution is -2.41. The molecule has 5 heteroatoms. The van der Waals surface area contributed by atoms with E-state index in [1.54, 1.807) is 12.1 Å². The first-order valence-corrected chi connectivity index (χ1v) is 11.1. The molecule has 1 aliphatic carbocycles. The van der Waals surface area contributed by atoms with E-state index in [4.69, 9.17) is 11.2 Å². The van der Waals surface area contributed by atoms with Crippen molar-refractivity contribution in [3.05, 3.63) is 53.1 Å². The van der Waals surface area contributed by atoms with Gasteiger partial charge in [0, 0.05) is 11.1 Å². The number of fused-ring (bicyclic) bond motifs is 1. The van der Waals surface area contributed by atoms with Crippen LogP contribution in [0.25, 0.3) is 0 Å². The third-order valence-corrected chi connectivity index (χ3v) is 5.93. The van der Waals surface area contributed by atoms with Crippen molar-refractivity contribution < 1.29 is 9.53 Å². The fraction of sp³-hybridized carbons (Fsp3) is 0.370. The molecule has 5 nitrogen and oxygen atoms in total. The molecule has 32 heavy (non-hydrogen) atoms. The molecule has 2 aliphatic rings. The van der Waals surface area contributed by atoms with Crippen LogP contribution in [0.4, 0.5) is 11.4 Å². The van der Waals surface area contributed by atoms with E-state index >= 15 is 0 Å². The third-order valence-electron chi connectivity index (χ3n) is 5.93. The molecule has 1 amide bonds. The van der Waals surface area contributed by atoms with Crippen LogP contribution in [-0.2, 0) is 4.79 Å². The second-order valence-electron chi connectivity index (χ2n) is 8.66. The van der Waals surface area contributed by atoms with Gasteiger partial charge in [0.15, 0.2) is 6.10 Å². The third kappa shape index (κ3) is 5.07. The largest absolute Gasteiger partial charge is 0.477 e. The van der Waals surface area contributed by atoms with E-state index in [0.717, 1.165) is 22.5 Å². The quantitative estimate of drug-likeness (QED) is 0.723. The summed E-state index contributed by atoms with van der Waals surface area (Å²) in [6, 6.07) is 11.7. The molecular formula is C27H29N3O2. The van der Waals surface area contributed by atoms with Crippen LogP contribution in [0.15, 0.2) is 36.4 Å². The average molecular weight is 428 g/mol. The van der Waals surface area contributed by atoms with Gasteiger partial charge in [0.2, 0.25) is 0 Å². The van der Waals surface area contributed by atoms with Crippen molar-refractivity contribution in [3.8, 4) is 29.9 Å². The van der Waals surface area contributed by atoms with Crippen LogP contribution >= 0.6 is 0 Å². The monoisotopic (exact) mass is 427 g/mol. The highest BCUT2D eigenvalue weighted by molar-refractivity contribution is 5.96. The molecule has 0 aromatic heterocycles. The minimum absolute atomic E-state index is 0.201. The number of nitrogens with one attached hydrogen (secondary N) is 2. The Morgan fingerprint density at radius 3 is 2.78 bits per heavy atom. The van der Waals surface area contributed by atoms with Crippen molar-refractivity contribution >= 4 is 17.3 Å².